The molecule has 0 bridgehead atoms. The van der Waals surface area contributed by atoms with Gasteiger partial charge in [-0.2, -0.15) is 9.61 Å². The average molecular weight is 591 g/mol. The summed E-state index contributed by atoms with van der Waals surface area (Å²) in [7, 11) is 0. The van der Waals surface area contributed by atoms with E-state index in [4.69, 9.17) is 21.3 Å². The van der Waals surface area contributed by atoms with E-state index in [-0.39, 0.29) is 5.91 Å². The number of nitrogens with zero attached hydrogens (tertiary/aromatic N) is 3. The van der Waals surface area contributed by atoms with Gasteiger partial charge in [0.25, 0.3) is 0 Å². The number of carbonyl (C=O) groups excluding carboxylic acids is 1. The van der Waals surface area contributed by atoms with Crippen LogP contribution in [0.5, 0.6) is 5.75 Å². The number of rotatable bonds is 10. The molecule has 1 amide bonds. The molecule has 0 aliphatic rings. The summed E-state index contributed by atoms with van der Waals surface area (Å²) in [4.78, 5) is 16.9. The van der Waals surface area contributed by atoms with Crippen molar-refractivity contribution < 1.29 is 9.53 Å². The van der Waals surface area contributed by atoms with Gasteiger partial charge in [-0.05, 0) is 45.3 Å². The molecule has 0 saturated carbocycles. The Kier molecular flexibility index (Phi) is 8.21. The van der Waals surface area contributed by atoms with Gasteiger partial charge in [-0.15, -0.1) is 0 Å². The molecule has 2 heterocycles. The second-order valence-corrected chi connectivity index (χ2v) is 9.85. The number of ether oxygens (including phenoxy) is 1. The van der Waals surface area contributed by atoms with Gasteiger partial charge in [-0.3, -0.25) is 4.79 Å². The Morgan fingerprint density at radius 3 is 2.42 bits per heavy atom. The van der Waals surface area contributed by atoms with Gasteiger partial charge in [0.2, 0.25) is 5.91 Å². The third kappa shape index (κ3) is 6.33. The minimum Gasteiger partial charge on any atom is -0.493 e. The number of halogens is 2. The summed E-state index contributed by atoms with van der Waals surface area (Å²) in [5.74, 6) is 1.51. The number of hydrogen-bond acceptors (Lipinski definition) is 5. The van der Waals surface area contributed by atoms with E-state index in [1.165, 1.54) is 0 Å². The normalized spacial score (nSPS) is 10.9. The Labute approximate surface area is 233 Å². The maximum absolute atomic E-state index is 12.2. The first-order valence-corrected chi connectivity index (χ1v) is 13.3. The van der Waals surface area contributed by atoms with Crippen LogP contribution in [0.3, 0.4) is 0 Å². The Morgan fingerprint density at radius 1 is 0.947 bits per heavy atom. The molecular weight excluding hydrogens is 566 g/mol. The van der Waals surface area contributed by atoms with E-state index in [1.807, 2.05) is 84.9 Å². The maximum atomic E-state index is 12.2. The third-order valence-electron chi connectivity index (χ3n) is 5.91. The molecule has 38 heavy (non-hydrogen) atoms. The highest BCUT2D eigenvalue weighted by molar-refractivity contribution is 9.10. The topological polar surface area (TPSA) is 80.5 Å². The van der Waals surface area contributed by atoms with Crippen LogP contribution in [0.4, 0.5) is 5.82 Å². The second-order valence-electron chi connectivity index (χ2n) is 8.59. The first-order chi connectivity index (χ1) is 18.6. The van der Waals surface area contributed by atoms with Crippen LogP contribution in [0.15, 0.2) is 95.6 Å². The number of amides is 1. The quantitative estimate of drug-likeness (QED) is 0.194. The van der Waals surface area contributed by atoms with E-state index in [2.05, 4.69) is 31.7 Å². The lowest BCUT2D eigenvalue weighted by atomic mass is 10.1. The molecular formula is C29H25BrClN5O2. The minimum absolute atomic E-state index is 0.0481. The summed E-state index contributed by atoms with van der Waals surface area (Å²) >= 11 is 9.97. The van der Waals surface area contributed by atoms with Crippen LogP contribution in [0.1, 0.15) is 17.5 Å². The summed E-state index contributed by atoms with van der Waals surface area (Å²) in [5, 5.41) is 11.5. The molecule has 3 aromatic carbocycles. The van der Waals surface area contributed by atoms with Gasteiger partial charge >= 0.3 is 0 Å². The number of fused-ring (bicyclic) bond motifs is 1. The number of hydrogen-bond donors (Lipinski definition) is 2. The van der Waals surface area contributed by atoms with E-state index in [9.17, 15) is 4.79 Å². The van der Waals surface area contributed by atoms with Crippen LogP contribution in [0, 0.1) is 0 Å². The van der Waals surface area contributed by atoms with Crippen molar-refractivity contribution in [1.82, 2.24) is 19.9 Å². The number of para-hydroxylation sites is 1. The smallest absolute Gasteiger partial charge is 0.223 e. The van der Waals surface area contributed by atoms with Gasteiger partial charge in [0.05, 0.1) is 29.4 Å². The van der Waals surface area contributed by atoms with E-state index >= 15 is 0 Å². The third-order valence-corrected chi connectivity index (χ3v) is 6.79. The number of benzene rings is 3. The summed E-state index contributed by atoms with van der Waals surface area (Å²) in [6.07, 6.45) is 2.03. The van der Waals surface area contributed by atoms with Crippen molar-refractivity contribution in [2.45, 2.75) is 19.5 Å². The van der Waals surface area contributed by atoms with Crippen LogP contribution in [-0.4, -0.2) is 27.1 Å². The minimum atomic E-state index is -0.0481. The predicted octanol–water partition coefficient (Wildman–Crippen LogP) is 6.51. The monoisotopic (exact) mass is 589 g/mol. The molecule has 0 saturated heterocycles. The molecule has 5 rings (SSSR count). The molecule has 5 aromatic rings. The van der Waals surface area contributed by atoms with Crippen LogP contribution in [0.25, 0.3) is 16.9 Å². The highest BCUT2D eigenvalue weighted by Crippen LogP contribution is 2.30. The fourth-order valence-electron chi connectivity index (χ4n) is 3.90. The van der Waals surface area contributed by atoms with Gasteiger partial charge < -0.3 is 15.4 Å². The molecule has 0 aliphatic carbocycles. The molecule has 2 aromatic heterocycles. The van der Waals surface area contributed by atoms with Crippen molar-refractivity contribution in [1.29, 1.82) is 0 Å². The highest BCUT2D eigenvalue weighted by Gasteiger charge is 2.13. The molecule has 0 radical (unpaired) electrons. The average Bonchev–Trinajstić information content (AvgIpc) is 3.32. The fourth-order valence-corrected chi connectivity index (χ4v) is 4.48. The highest BCUT2D eigenvalue weighted by atomic mass is 79.9. The molecule has 0 fully saturated rings. The lowest BCUT2D eigenvalue weighted by Gasteiger charge is -2.12. The Hall–Kier alpha value is -3.88. The number of carbonyl (C=O) groups is 1. The van der Waals surface area contributed by atoms with Crippen LogP contribution >= 0.6 is 27.5 Å². The number of aromatic nitrogens is 3. The Morgan fingerprint density at radius 2 is 1.66 bits per heavy atom. The van der Waals surface area contributed by atoms with Crippen molar-refractivity contribution in [3.63, 3.8) is 0 Å². The largest absolute Gasteiger partial charge is 0.493 e. The molecule has 7 nitrogen and oxygen atoms in total. The summed E-state index contributed by atoms with van der Waals surface area (Å²) in [6.45, 7) is 1.39. The Balaban J connectivity index is 1.18. The zero-order valence-corrected chi connectivity index (χ0v) is 22.7. The van der Waals surface area contributed by atoms with Crippen molar-refractivity contribution in [3.8, 4) is 17.0 Å². The van der Waals surface area contributed by atoms with Gasteiger partial charge in [0, 0.05) is 29.7 Å². The van der Waals surface area contributed by atoms with Gasteiger partial charge in [-0.1, -0.05) is 72.3 Å². The summed E-state index contributed by atoms with van der Waals surface area (Å²) < 4.78 is 8.15. The molecule has 0 spiro atoms. The lowest BCUT2D eigenvalue weighted by molar-refractivity contribution is -0.121. The first-order valence-electron chi connectivity index (χ1n) is 12.1. The standard InChI is InChI=1S/C29H25BrClN5O2/c30-24-19-34-36-27(16-26(35-29(24)36)23-8-4-5-9-25(23)31)32-17-20-10-12-21(13-11-20)18-33-28(37)14-15-38-22-6-2-1-3-7-22/h1-13,16,19,32H,14-15,17-18H2,(H,33,37). The Bertz CT molecular complexity index is 1540. The molecule has 0 unspecified atom stereocenters. The molecule has 0 atom stereocenters. The fraction of sp³-hybridized carbons (Fsp3) is 0.138. The zero-order valence-electron chi connectivity index (χ0n) is 20.4. The summed E-state index contributed by atoms with van der Waals surface area (Å²) in [5.41, 5.74) is 4.42. The maximum Gasteiger partial charge on any atom is 0.223 e. The SMILES string of the molecule is O=C(CCOc1ccccc1)NCc1ccc(CNc2cc(-c3ccccc3Cl)nc3c(Br)cnn23)cc1. The predicted molar refractivity (Wildman–Crippen MR) is 153 cm³/mol. The lowest BCUT2D eigenvalue weighted by Crippen LogP contribution is -2.24. The van der Waals surface area contributed by atoms with Crippen molar-refractivity contribution in [3.05, 3.63) is 112 Å². The molecule has 0 aliphatic heterocycles. The van der Waals surface area contributed by atoms with Crippen molar-refractivity contribution in [2.75, 3.05) is 11.9 Å². The van der Waals surface area contributed by atoms with E-state index < -0.39 is 0 Å². The van der Waals surface area contributed by atoms with E-state index in [0.717, 1.165) is 38.4 Å². The van der Waals surface area contributed by atoms with Crippen molar-refractivity contribution >= 4 is 44.9 Å². The first kappa shape index (κ1) is 25.8. The van der Waals surface area contributed by atoms with Gasteiger partial charge in [0.15, 0.2) is 5.65 Å². The van der Waals surface area contributed by atoms with Crippen molar-refractivity contribution in [2.24, 2.45) is 0 Å². The van der Waals surface area contributed by atoms with Gasteiger partial charge in [0.1, 0.15) is 11.6 Å². The van der Waals surface area contributed by atoms with Gasteiger partial charge in [-0.25, -0.2) is 4.98 Å². The molecule has 2 N–H and O–H groups in total. The van der Waals surface area contributed by atoms with Crippen LogP contribution in [-0.2, 0) is 17.9 Å². The second kappa shape index (κ2) is 12.1. The molecule has 192 valence electrons. The molecule has 9 heteroatoms. The summed E-state index contributed by atoms with van der Waals surface area (Å²) in [6, 6.07) is 27.2. The van der Waals surface area contributed by atoms with Crippen LogP contribution < -0.4 is 15.4 Å². The van der Waals surface area contributed by atoms with E-state index in [1.54, 1.807) is 10.7 Å². The zero-order chi connectivity index (χ0) is 26.3. The van der Waals surface area contributed by atoms with Crippen LogP contribution in [0.2, 0.25) is 5.02 Å². The number of nitrogens with one attached hydrogen (secondary N) is 2. The number of anilines is 1. The van der Waals surface area contributed by atoms with E-state index in [0.29, 0.717) is 36.8 Å².